The number of aromatic amines is 1. The molecule has 2 aromatic carbocycles. The van der Waals surface area contributed by atoms with E-state index in [9.17, 15) is 38.7 Å². The molecule has 2 aliphatic heterocycles. The molecule has 2 fully saturated rings. The summed E-state index contributed by atoms with van der Waals surface area (Å²) in [5.74, 6) is -4.93. The number of H-pyrrole nitrogens is 1. The van der Waals surface area contributed by atoms with E-state index >= 15 is 0 Å². The number of rotatable bonds is 9. The normalized spacial score (nSPS) is 25.4. The van der Waals surface area contributed by atoms with E-state index < -0.39 is 77.7 Å². The van der Waals surface area contributed by atoms with Crippen LogP contribution in [-0.4, -0.2) is 125 Å². The summed E-state index contributed by atoms with van der Waals surface area (Å²) in [6, 6.07) is 10.4. The maximum Gasteiger partial charge on any atom is 0.243 e. The summed E-state index contributed by atoms with van der Waals surface area (Å²) in [6.45, 7) is 2.69. The van der Waals surface area contributed by atoms with Crippen molar-refractivity contribution in [2.75, 3.05) is 26.2 Å². The van der Waals surface area contributed by atoms with Gasteiger partial charge in [-0.15, -0.1) is 0 Å². The highest BCUT2D eigenvalue weighted by Crippen LogP contribution is 2.24. The Bertz CT molecular complexity index is 2110. The molecular weight excluding hydrogens is 823 g/mol. The van der Waals surface area contributed by atoms with Crippen LogP contribution >= 0.6 is 0 Å². The molecule has 0 radical (unpaired) electrons. The first kappa shape index (κ1) is 48.7. The Morgan fingerprint density at radius 3 is 2.23 bits per heavy atom. The minimum atomic E-state index is -1.28. The number of hydrogen-bond donors (Lipinski definition) is 11. The molecule has 64 heavy (non-hydrogen) atoms. The van der Waals surface area contributed by atoms with Crippen molar-refractivity contribution in [3.63, 3.8) is 0 Å². The number of fused-ring (bicyclic) bond motifs is 2. The number of primary amides is 1. The molecule has 0 spiro atoms. The Kier molecular flexibility index (Phi) is 18.2. The van der Waals surface area contributed by atoms with Crippen molar-refractivity contribution >= 4 is 58.1 Å². The maximum absolute atomic E-state index is 14.4. The van der Waals surface area contributed by atoms with E-state index in [2.05, 4.69) is 36.9 Å². The molecule has 3 heterocycles. The van der Waals surface area contributed by atoms with Gasteiger partial charge in [0.05, 0.1) is 6.10 Å². The van der Waals surface area contributed by atoms with Gasteiger partial charge in [0, 0.05) is 74.8 Å². The Morgan fingerprint density at radius 1 is 0.812 bits per heavy atom. The highest BCUT2D eigenvalue weighted by atomic mass is 16.3. The van der Waals surface area contributed by atoms with Crippen molar-refractivity contribution in [3.05, 3.63) is 71.9 Å². The van der Waals surface area contributed by atoms with E-state index in [1.54, 1.807) is 43.5 Å². The third kappa shape index (κ3) is 14.3. The summed E-state index contributed by atoms with van der Waals surface area (Å²) in [5.41, 5.74) is 13.5. The second-order valence-corrected chi connectivity index (χ2v) is 16.8. The Morgan fingerprint density at radius 2 is 1.48 bits per heavy atom. The Labute approximate surface area is 372 Å². The lowest BCUT2D eigenvalue weighted by Gasteiger charge is -2.29. The first-order valence-electron chi connectivity index (χ1n) is 22.1. The molecule has 346 valence electrons. The van der Waals surface area contributed by atoms with Crippen LogP contribution in [0.4, 0.5) is 0 Å². The Hall–Kier alpha value is -6.34. The average molecular weight is 886 g/mol. The molecule has 1 aromatic heterocycles. The number of carbonyl (C=O) groups is 7. The standard InChI is InChI=1S/C45H63N11O8/c1-27-16-17-30(57)18-21-49-19-8-7-14-34(39(46)59)52-42(62)37(23-29-25-51-33-13-6-5-12-32(29)33)54-40(60)35(15-9-20-50-45(47)48)53-41(61)36(22-28-10-3-2-4-11-28)55-43(63)38-24-31(58)26-56(38)44(27)64/h2-6,10-13,25,27,31,34-38,49,51,58H,7-9,14-24,26H2,1H3,(H2,46,59)(H,52,62)(H,53,61)(H,54,60)(H,55,63)(H4,47,48,50)/t27?,31-,34+,35+,36-,37+,38+/m1/s1. The summed E-state index contributed by atoms with van der Waals surface area (Å²) in [5, 5.41) is 36.1. The van der Waals surface area contributed by atoms with Crippen LogP contribution in [0, 0.1) is 11.3 Å². The van der Waals surface area contributed by atoms with Gasteiger partial charge in [0.2, 0.25) is 35.4 Å². The number of nitrogens with one attached hydrogen (secondary N) is 8. The molecule has 5 rings (SSSR count). The molecule has 3 aromatic rings. The molecule has 0 saturated carbocycles. The summed E-state index contributed by atoms with van der Waals surface area (Å²) in [6.07, 6.45) is 2.85. The van der Waals surface area contributed by atoms with Gasteiger partial charge in [0.1, 0.15) is 36.0 Å². The summed E-state index contributed by atoms with van der Waals surface area (Å²) in [4.78, 5) is 101. The largest absolute Gasteiger partial charge is 0.391 e. The molecule has 19 heteroatoms. The van der Waals surface area contributed by atoms with Gasteiger partial charge in [-0.1, -0.05) is 55.5 Å². The number of nitrogens with zero attached hydrogens (tertiary/aromatic N) is 1. The molecule has 2 saturated heterocycles. The maximum atomic E-state index is 14.4. The number of hydrogen-bond acceptors (Lipinski definition) is 10. The number of para-hydroxylation sites is 1. The van der Waals surface area contributed by atoms with Crippen molar-refractivity contribution in [3.8, 4) is 0 Å². The minimum absolute atomic E-state index is 0.00393. The highest BCUT2D eigenvalue weighted by molar-refractivity contribution is 5.97. The third-order valence-electron chi connectivity index (χ3n) is 11.7. The first-order chi connectivity index (χ1) is 30.7. The van der Waals surface area contributed by atoms with Crippen LogP contribution in [-0.2, 0) is 46.4 Å². The number of aliphatic hydroxyl groups excluding tert-OH is 1. The van der Waals surface area contributed by atoms with Crippen LogP contribution in [0.5, 0.6) is 0 Å². The molecule has 7 atom stereocenters. The van der Waals surface area contributed by atoms with Gasteiger partial charge in [0.25, 0.3) is 0 Å². The second-order valence-electron chi connectivity index (χ2n) is 16.8. The number of amides is 6. The fraction of sp³-hybridized carbons (Fsp3) is 0.511. The SMILES string of the molecule is CC1CCC(=O)CCNCCCC[C@@H](C(N)=O)NC(=O)[C@H](Cc2c[nH]c3ccccc23)NC(=O)[C@H](CCCNC(=N)N)NC(=O)[C@@H](Cc2ccccc2)NC(=O)[C@@H]2C[C@@H](O)CN2C1=O. The average Bonchev–Trinajstić information content (AvgIpc) is 3.87. The van der Waals surface area contributed by atoms with Crippen LogP contribution in [0.3, 0.4) is 0 Å². The smallest absolute Gasteiger partial charge is 0.243 e. The number of benzene rings is 2. The predicted molar refractivity (Wildman–Crippen MR) is 239 cm³/mol. The van der Waals surface area contributed by atoms with Crippen molar-refractivity contribution in [2.45, 2.75) is 114 Å². The molecule has 0 bridgehead atoms. The van der Waals surface area contributed by atoms with Crippen LogP contribution in [0.15, 0.2) is 60.8 Å². The van der Waals surface area contributed by atoms with Crippen LogP contribution in [0.2, 0.25) is 0 Å². The van der Waals surface area contributed by atoms with E-state index in [1.807, 2.05) is 24.3 Å². The quantitative estimate of drug-likeness (QED) is 0.0757. The zero-order chi connectivity index (χ0) is 46.2. The topological polar surface area (TPSA) is 307 Å². The minimum Gasteiger partial charge on any atom is -0.391 e. The highest BCUT2D eigenvalue weighted by Gasteiger charge is 2.42. The first-order valence-corrected chi connectivity index (χ1v) is 22.1. The van der Waals surface area contributed by atoms with Crippen LogP contribution < -0.4 is 43.4 Å². The third-order valence-corrected chi connectivity index (χ3v) is 11.7. The van der Waals surface area contributed by atoms with Crippen molar-refractivity contribution in [1.29, 1.82) is 5.41 Å². The molecule has 19 nitrogen and oxygen atoms in total. The monoisotopic (exact) mass is 885 g/mol. The van der Waals surface area contributed by atoms with Crippen molar-refractivity contribution < 1.29 is 38.7 Å². The van der Waals surface area contributed by atoms with Crippen molar-refractivity contribution in [1.82, 2.24) is 41.8 Å². The van der Waals surface area contributed by atoms with Gasteiger partial charge >= 0.3 is 0 Å². The van der Waals surface area contributed by atoms with Gasteiger partial charge in [0.15, 0.2) is 5.96 Å². The zero-order valence-corrected chi connectivity index (χ0v) is 36.3. The summed E-state index contributed by atoms with van der Waals surface area (Å²) >= 11 is 0. The molecule has 6 amide bonds. The fourth-order valence-corrected chi connectivity index (χ4v) is 8.12. The second kappa shape index (κ2) is 23.9. The fourth-order valence-electron chi connectivity index (χ4n) is 8.12. The number of aromatic nitrogens is 1. The lowest BCUT2D eigenvalue weighted by molar-refractivity contribution is -0.142. The molecule has 2 aliphatic rings. The number of carbonyl (C=O) groups excluding carboxylic acids is 7. The van der Waals surface area contributed by atoms with Gasteiger partial charge in [-0.2, -0.15) is 0 Å². The lowest BCUT2D eigenvalue weighted by Crippen LogP contribution is -2.59. The summed E-state index contributed by atoms with van der Waals surface area (Å²) in [7, 11) is 0. The number of Topliss-reactive ketones (excluding diaryl/α,β-unsaturated/α-hetero) is 1. The molecule has 13 N–H and O–H groups in total. The number of ketones is 1. The molecule has 1 unspecified atom stereocenters. The number of aliphatic hydroxyl groups is 1. The van der Waals surface area contributed by atoms with E-state index in [-0.39, 0.29) is 82.6 Å². The lowest BCUT2D eigenvalue weighted by atomic mass is 10.00. The zero-order valence-electron chi connectivity index (χ0n) is 36.3. The predicted octanol–water partition coefficient (Wildman–Crippen LogP) is -0.248. The molecule has 0 aliphatic carbocycles. The Balaban J connectivity index is 1.47. The van der Waals surface area contributed by atoms with Crippen LogP contribution in [0.1, 0.15) is 75.8 Å². The number of nitrogens with two attached hydrogens (primary N) is 2. The van der Waals surface area contributed by atoms with Crippen molar-refractivity contribution in [2.24, 2.45) is 17.4 Å². The van der Waals surface area contributed by atoms with E-state index in [4.69, 9.17) is 16.9 Å². The number of guanidine groups is 1. The summed E-state index contributed by atoms with van der Waals surface area (Å²) < 4.78 is 0. The van der Waals surface area contributed by atoms with Gasteiger partial charge in [-0.25, -0.2) is 0 Å². The van der Waals surface area contributed by atoms with Gasteiger partial charge in [-0.3, -0.25) is 39.0 Å². The van der Waals surface area contributed by atoms with E-state index in [0.717, 1.165) is 10.9 Å². The van der Waals surface area contributed by atoms with E-state index in [1.165, 1.54) is 4.90 Å². The van der Waals surface area contributed by atoms with Crippen LogP contribution in [0.25, 0.3) is 10.9 Å². The van der Waals surface area contributed by atoms with Gasteiger partial charge < -0.3 is 58.4 Å². The van der Waals surface area contributed by atoms with Gasteiger partial charge in [-0.05, 0) is 62.3 Å². The van der Waals surface area contributed by atoms with E-state index in [0.29, 0.717) is 37.1 Å². The molecular formula is C45H63N11O8.